The van der Waals surface area contributed by atoms with E-state index in [1.165, 1.54) is 30.3 Å². The van der Waals surface area contributed by atoms with Crippen LogP contribution in [-0.2, 0) is 4.79 Å². The largest absolute Gasteiger partial charge is 0.423 e. The minimum Gasteiger partial charge on any atom is -0.423 e. The first-order chi connectivity index (χ1) is 16.7. The molecule has 0 heterocycles. The number of ether oxygens (including phenoxy) is 1. The number of non-ortho nitro benzene ring substituents is 2. The van der Waals surface area contributed by atoms with E-state index in [1.54, 1.807) is 30.3 Å². The predicted octanol–water partition coefficient (Wildman–Crippen LogP) is 4.65. The number of rotatable bonds is 8. The zero-order valence-electron chi connectivity index (χ0n) is 17.7. The molecular formula is C23H15BrN4O7. The number of hydrazone groups is 1. The molecule has 1 N–H and O–H groups in total. The van der Waals surface area contributed by atoms with E-state index in [1.807, 2.05) is 0 Å². The summed E-state index contributed by atoms with van der Waals surface area (Å²) in [5.74, 6) is -1.40. The highest BCUT2D eigenvalue weighted by atomic mass is 79.9. The van der Waals surface area contributed by atoms with Crippen LogP contribution in [0.5, 0.6) is 5.75 Å². The molecule has 0 radical (unpaired) electrons. The Balaban J connectivity index is 1.76. The number of nitrogens with zero attached hydrogens (tertiary/aromatic N) is 3. The number of nitro groups is 2. The van der Waals surface area contributed by atoms with Gasteiger partial charge in [0.05, 0.1) is 16.1 Å². The van der Waals surface area contributed by atoms with E-state index in [-0.39, 0.29) is 22.7 Å². The van der Waals surface area contributed by atoms with Crippen molar-refractivity contribution in [3.8, 4) is 5.75 Å². The maximum atomic E-state index is 12.3. The number of esters is 1. The minimum absolute atomic E-state index is 0.0501. The van der Waals surface area contributed by atoms with Crippen molar-refractivity contribution in [2.45, 2.75) is 0 Å². The molecule has 1 amide bonds. The number of carbonyl (C=O) groups is 2. The Morgan fingerprint density at radius 2 is 1.63 bits per heavy atom. The van der Waals surface area contributed by atoms with Crippen molar-refractivity contribution in [1.82, 2.24) is 5.43 Å². The van der Waals surface area contributed by atoms with Crippen LogP contribution in [0, 0.1) is 20.2 Å². The molecule has 12 heteroatoms. The Morgan fingerprint density at radius 1 is 0.943 bits per heavy atom. The fourth-order valence-corrected chi connectivity index (χ4v) is 2.98. The normalized spacial score (nSPS) is 10.9. The quantitative estimate of drug-likeness (QED) is 0.109. The molecule has 176 valence electrons. The molecule has 0 saturated heterocycles. The molecule has 0 unspecified atom stereocenters. The second-order valence-electron chi connectivity index (χ2n) is 6.79. The number of carbonyl (C=O) groups excluding carboxylic acids is 2. The summed E-state index contributed by atoms with van der Waals surface area (Å²) in [5, 5.41) is 25.8. The van der Waals surface area contributed by atoms with Gasteiger partial charge >= 0.3 is 5.97 Å². The zero-order valence-corrected chi connectivity index (χ0v) is 19.2. The molecule has 0 aliphatic heterocycles. The van der Waals surface area contributed by atoms with Gasteiger partial charge in [-0.25, -0.2) is 10.2 Å². The molecule has 0 aliphatic carbocycles. The van der Waals surface area contributed by atoms with E-state index in [4.69, 9.17) is 4.74 Å². The first-order valence-electron chi connectivity index (χ1n) is 9.74. The van der Waals surface area contributed by atoms with Crippen molar-refractivity contribution in [2.75, 3.05) is 0 Å². The molecule has 3 aromatic rings. The first kappa shape index (κ1) is 24.9. The van der Waals surface area contributed by atoms with Gasteiger partial charge in [-0.15, -0.1) is 0 Å². The summed E-state index contributed by atoms with van der Waals surface area (Å²) in [6, 6.07) is 15.6. The van der Waals surface area contributed by atoms with E-state index in [0.717, 1.165) is 28.9 Å². The van der Waals surface area contributed by atoms with Gasteiger partial charge in [-0.2, -0.15) is 5.10 Å². The third-order valence-corrected chi connectivity index (χ3v) is 4.91. The number of nitrogens with one attached hydrogen (secondary N) is 1. The van der Waals surface area contributed by atoms with E-state index in [9.17, 15) is 29.8 Å². The summed E-state index contributed by atoms with van der Waals surface area (Å²) in [5.41, 5.74) is 2.67. The Kier molecular flexibility index (Phi) is 8.14. The van der Waals surface area contributed by atoms with Crippen LogP contribution in [0.2, 0.25) is 0 Å². The monoisotopic (exact) mass is 538 g/mol. The predicted molar refractivity (Wildman–Crippen MR) is 130 cm³/mol. The zero-order chi connectivity index (χ0) is 25.4. The molecule has 0 bridgehead atoms. The number of amides is 1. The SMILES string of the molecule is O=C(/C=C/c1cccc([N+](=O)[O-])c1)Oc1ccc([N+](=O)[O-])cc1/C=N/NC(=O)c1ccc(Br)cc1. The van der Waals surface area contributed by atoms with Gasteiger partial charge in [-0.1, -0.05) is 28.1 Å². The van der Waals surface area contributed by atoms with Gasteiger partial charge in [0.15, 0.2) is 0 Å². The van der Waals surface area contributed by atoms with Gasteiger partial charge < -0.3 is 4.74 Å². The fraction of sp³-hybridized carbons (Fsp3) is 0. The standard InChI is InChI=1S/C23H15BrN4O7/c24-18-7-5-16(6-8-18)23(30)26-25-14-17-13-20(28(33)34)9-10-21(17)35-22(29)11-4-15-2-1-3-19(12-15)27(31)32/h1-14H,(H,26,30)/b11-4+,25-14+. The van der Waals surface area contributed by atoms with Crippen LogP contribution in [0.25, 0.3) is 6.08 Å². The maximum Gasteiger partial charge on any atom is 0.336 e. The molecule has 0 spiro atoms. The summed E-state index contributed by atoms with van der Waals surface area (Å²) < 4.78 is 6.04. The van der Waals surface area contributed by atoms with Crippen molar-refractivity contribution in [2.24, 2.45) is 5.10 Å². The van der Waals surface area contributed by atoms with Crippen LogP contribution in [0.1, 0.15) is 21.5 Å². The smallest absolute Gasteiger partial charge is 0.336 e. The first-order valence-corrected chi connectivity index (χ1v) is 10.5. The third-order valence-electron chi connectivity index (χ3n) is 4.38. The molecule has 11 nitrogen and oxygen atoms in total. The van der Waals surface area contributed by atoms with Crippen molar-refractivity contribution in [3.05, 3.63) is 114 Å². The molecule has 35 heavy (non-hydrogen) atoms. The fourth-order valence-electron chi connectivity index (χ4n) is 2.72. The Hall–Kier alpha value is -4.71. The van der Waals surface area contributed by atoms with Gasteiger partial charge in [-0.05, 0) is 42.0 Å². The Morgan fingerprint density at radius 3 is 2.31 bits per heavy atom. The molecule has 3 aromatic carbocycles. The molecular weight excluding hydrogens is 524 g/mol. The third kappa shape index (κ3) is 7.14. The number of nitro benzene ring substituents is 2. The minimum atomic E-state index is -0.834. The van der Waals surface area contributed by atoms with Gasteiger partial charge in [0, 0.05) is 45.9 Å². The summed E-state index contributed by atoms with van der Waals surface area (Å²) in [6.07, 6.45) is 3.49. The van der Waals surface area contributed by atoms with Gasteiger partial charge in [-0.3, -0.25) is 25.0 Å². The molecule has 0 aromatic heterocycles. The molecule has 3 rings (SSSR count). The van der Waals surface area contributed by atoms with E-state index >= 15 is 0 Å². The average molecular weight is 539 g/mol. The van der Waals surface area contributed by atoms with Crippen molar-refractivity contribution >= 4 is 51.5 Å². The van der Waals surface area contributed by atoms with Crippen LogP contribution < -0.4 is 10.2 Å². The van der Waals surface area contributed by atoms with Gasteiger partial charge in [0.1, 0.15) is 5.75 Å². The molecule has 0 fully saturated rings. The van der Waals surface area contributed by atoms with Gasteiger partial charge in [0.25, 0.3) is 17.3 Å². The second kappa shape index (κ2) is 11.4. The van der Waals surface area contributed by atoms with Crippen LogP contribution in [0.3, 0.4) is 0 Å². The van der Waals surface area contributed by atoms with E-state index in [2.05, 4.69) is 26.5 Å². The van der Waals surface area contributed by atoms with Crippen molar-refractivity contribution in [1.29, 1.82) is 0 Å². The molecule has 0 saturated carbocycles. The lowest BCUT2D eigenvalue weighted by atomic mass is 10.2. The average Bonchev–Trinajstić information content (AvgIpc) is 2.84. The van der Waals surface area contributed by atoms with Crippen molar-refractivity contribution in [3.63, 3.8) is 0 Å². The van der Waals surface area contributed by atoms with Crippen LogP contribution in [0.4, 0.5) is 11.4 Å². The Labute approximate surface area is 206 Å². The highest BCUT2D eigenvalue weighted by molar-refractivity contribution is 9.10. The molecule has 0 aliphatic rings. The number of hydrogen-bond donors (Lipinski definition) is 1. The Bertz CT molecular complexity index is 1350. The second-order valence-corrected chi connectivity index (χ2v) is 7.71. The lowest BCUT2D eigenvalue weighted by Gasteiger charge is -2.06. The summed E-state index contributed by atoms with van der Waals surface area (Å²) in [7, 11) is 0. The van der Waals surface area contributed by atoms with Gasteiger partial charge in [0.2, 0.25) is 0 Å². The topological polar surface area (TPSA) is 154 Å². The number of halogens is 1. The van der Waals surface area contributed by atoms with E-state index < -0.39 is 21.7 Å². The van der Waals surface area contributed by atoms with Crippen LogP contribution >= 0.6 is 15.9 Å². The molecule has 0 atom stereocenters. The van der Waals surface area contributed by atoms with Crippen molar-refractivity contribution < 1.29 is 24.2 Å². The lowest BCUT2D eigenvalue weighted by Crippen LogP contribution is -2.17. The maximum absolute atomic E-state index is 12.3. The summed E-state index contributed by atoms with van der Waals surface area (Å²) in [6.45, 7) is 0. The number of benzene rings is 3. The van der Waals surface area contributed by atoms with Crippen LogP contribution in [-0.4, -0.2) is 27.9 Å². The van der Waals surface area contributed by atoms with Crippen LogP contribution in [0.15, 0.2) is 82.4 Å². The summed E-state index contributed by atoms with van der Waals surface area (Å²) >= 11 is 3.27. The highest BCUT2D eigenvalue weighted by Crippen LogP contribution is 2.23. The van der Waals surface area contributed by atoms with E-state index in [0.29, 0.717) is 11.1 Å². The lowest BCUT2D eigenvalue weighted by molar-refractivity contribution is -0.385. The summed E-state index contributed by atoms with van der Waals surface area (Å²) in [4.78, 5) is 45.3. The highest BCUT2D eigenvalue weighted by Gasteiger charge is 2.13. The number of hydrogen-bond acceptors (Lipinski definition) is 8.